The topological polar surface area (TPSA) is 98.7 Å². The fourth-order valence-electron chi connectivity index (χ4n) is 1.43. The van der Waals surface area contributed by atoms with Gasteiger partial charge in [-0.2, -0.15) is 0 Å². The second-order valence-corrected chi connectivity index (χ2v) is 4.23. The van der Waals surface area contributed by atoms with E-state index in [1.165, 1.54) is 12.1 Å². The number of nitrogens with one attached hydrogen (secondary N) is 2. The number of aromatic hydroxyl groups is 2. The number of hydrogen-bond donors (Lipinski definition) is 4. The van der Waals surface area contributed by atoms with Crippen molar-refractivity contribution in [3.63, 3.8) is 0 Å². The Balaban J connectivity index is 1.86. The maximum absolute atomic E-state index is 11.6. The van der Waals surface area contributed by atoms with Crippen molar-refractivity contribution in [3.8, 4) is 11.5 Å². The van der Waals surface area contributed by atoms with Gasteiger partial charge in [-0.3, -0.25) is 9.59 Å². The van der Waals surface area contributed by atoms with Crippen LogP contribution in [0.1, 0.15) is 23.2 Å². The monoisotopic (exact) mass is 250 g/mol. The molecule has 6 nitrogen and oxygen atoms in total. The summed E-state index contributed by atoms with van der Waals surface area (Å²) in [4.78, 5) is 23.0. The third-order valence-electron chi connectivity index (χ3n) is 2.59. The molecule has 6 heteroatoms. The number of phenolic OH excluding ortho intramolecular Hbond substituents is 2. The van der Waals surface area contributed by atoms with Crippen LogP contribution in [-0.2, 0) is 4.79 Å². The van der Waals surface area contributed by atoms with Gasteiger partial charge in [0.25, 0.3) is 5.91 Å². The molecule has 96 valence electrons. The van der Waals surface area contributed by atoms with Gasteiger partial charge in [0.05, 0.1) is 6.54 Å². The predicted octanol–water partition coefficient (Wildman–Crippen LogP) is 0.106. The zero-order chi connectivity index (χ0) is 13.1. The third kappa shape index (κ3) is 3.13. The smallest absolute Gasteiger partial charge is 0.251 e. The number of carbonyl (C=O) groups excluding carboxylic acids is 2. The summed E-state index contributed by atoms with van der Waals surface area (Å²) in [6.45, 7) is -0.100. The number of phenols is 2. The van der Waals surface area contributed by atoms with Crippen LogP contribution in [0.25, 0.3) is 0 Å². The highest BCUT2D eigenvalue weighted by Gasteiger charge is 2.23. The quantitative estimate of drug-likeness (QED) is 0.570. The second-order valence-electron chi connectivity index (χ2n) is 4.23. The van der Waals surface area contributed by atoms with E-state index >= 15 is 0 Å². The lowest BCUT2D eigenvalue weighted by molar-refractivity contribution is -0.120. The van der Waals surface area contributed by atoms with Gasteiger partial charge in [-0.05, 0) is 31.0 Å². The largest absolute Gasteiger partial charge is 0.504 e. The van der Waals surface area contributed by atoms with Crippen molar-refractivity contribution in [1.82, 2.24) is 10.6 Å². The minimum atomic E-state index is -0.476. The van der Waals surface area contributed by atoms with Crippen LogP contribution in [-0.4, -0.2) is 34.6 Å². The minimum absolute atomic E-state index is 0.100. The summed E-state index contributed by atoms with van der Waals surface area (Å²) in [6.07, 6.45) is 1.98. The van der Waals surface area contributed by atoms with Gasteiger partial charge in [-0.25, -0.2) is 0 Å². The molecule has 2 amide bonds. The van der Waals surface area contributed by atoms with E-state index in [0.29, 0.717) is 0 Å². The van der Waals surface area contributed by atoms with Gasteiger partial charge in [0, 0.05) is 11.6 Å². The van der Waals surface area contributed by atoms with Gasteiger partial charge in [0.15, 0.2) is 11.5 Å². The van der Waals surface area contributed by atoms with Crippen molar-refractivity contribution in [1.29, 1.82) is 0 Å². The van der Waals surface area contributed by atoms with E-state index in [4.69, 9.17) is 5.11 Å². The molecule has 1 aromatic carbocycles. The highest BCUT2D eigenvalue weighted by atomic mass is 16.3. The molecule has 0 atom stereocenters. The Hall–Kier alpha value is -2.24. The molecule has 4 N–H and O–H groups in total. The second kappa shape index (κ2) is 4.95. The number of benzene rings is 1. The molecule has 0 radical (unpaired) electrons. The van der Waals surface area contributed by atoms with E-state index in [1.807, 2.05) is 0 Å². The van der Waals surface area contributed by atoms with Gasteiger partial charge >= 0.3 is 0 Å². The molecule has 1 aliphatic carbocycles. The van der Waals surface area contributed by atoms with Gasteiger partial charge in [0.2, 0.25) is 5.91 Å². The summed E-state index contributed by atoms with van der Waals surface area (Å²) in [5, 5.41) is 23.5. The average molecular weight is 250 g/mol. The molecule has 1 fully saturated rings. The van der Waals surface area contributed by atoms with Crippen LogP contribution in [0.2, 0.25) is 0 Å². The molecule has 0 spiro atoms. The van der Waals surface area contributed by atoms with Crippen molar-refractivity contribution < 1.29 is 19.8 Å². The Morgan fingerprint density at radius 3 is 2.56 bits per heavy atom. The number of hydrogen-bond acceptors (Lipinski definition) is 4. The predicted molar refractivity (Wildman–Crippen MR) is 63.3 cm³/mol. The van der Waals surface area contributed by atoms with Crippen LogP contribution in [0.15, 0.2) is 18.2 Å². The van der Waals surface area contributed by atoms with E-state index in [0.717, 1.165) is 18.9 Å². The van der Waals surface area contributed by atoms with Crippen LogP contribution in [0.5, 0.6) is 11.5 Å². The van der Waals surface area contributed by atoms with Crippen LogP contribution >= 0.6 is 0 Å². The summed E-state index contributed by atoms with van der Waals surface area (Å²) in [5.41, 5.74) is 0.185. The molecule has 1 aromatic rings. The average Bonchev–Trinajstić information content (AvgIpc) is 3.13. The third-order valence-corrected chi connectivity index (χ3v) is 2.59. The summed E-state index contributed by atoms with van der Waals surface area (Å²) in [6, 6.07) is 3.98. The van der Waals surface area contributed by atoms with Crippen molar-refractivity contribution in [2.75, 3.05) is 6.54 Å². The highest BCUT2D eigenvalue weighted by molar-refractivity contribution is 5.97. The Morgan fingerprint density at radius 2 is 1.94 bits per heavy atom. The van der Waals surface area contributed by atoms with Gasteiger partial charge in [-0.15, -0.1) is 0 Å². The van der Waals surface area contributed by atoms with Crippen LogP contribution in [0, 0.1) is 0 Å². The lowest BCUT2D eigenvalue weighted by atomic mass is 10.2. The lowest BCUT2D eigenvalue weighted by Crippen LogP contribution is -2.37. The fourth-order valence-corrected chi connectivity index (χ4v) is 1.43. The van der Waals surface area contributed by atoms with Crippen LogP contribution < -0.4 is 10.6 Å². The molecule has 0 aliphatic heterocycles. The summed E-state index contributed by atoms with van der Waals surface area (Å²) < 4.78 is 0. The first-order chi connectivity index (χ1) is 8.56. The van der Waals surface area contributed by atoms with E-state index < -0.39 is 5.91 Å². The van der Waals surface area contributed by atoms with E-state index in [9.17, 15) is 14.7 Å². The first-order valence-corrected chi connectivity index (χ1v) is 5.66. The molecule has 1 aliphatic rings. The van der Waals surface area contributed by atoms with E-state index in [2.05, 4.69) is 10.6 Å². The van der Waals surface area contributed by atoms with Crippen molar-refractivity contribution in [2.45, 2.75) is 18.9 Å². The molecular formula is C12H14N2O4. The van der Waals surface area contributed by atoms with Crippen molar-refractivity contribution in [3.05, 3.63) is 23.8 Å². The molecule has 18 heavy (non-hydrogen) atoms. The summed E-state index contributed by atoms with van der Waals surface area (Å²) >= 11 is 0. The Morgan fingerprint density at radius 1 is 1.22 bits per heavy atom. The standard InChI is InChI=1S/C12H14N2O4/c15-9-4-1-7(5-10(9)16)12(18)13-6-11(17)14-8-2-3-8/h1,4-5,8,15-16H,2-3,6H2,(H,13,18)(H,14,17). The minimum Gasteiger partial charge on any atom is -0.504 e. The van der Waals surface area contributed by atoms with E-state index in [-0.39, 0.29) is 35.6 Å². The normalized spacial score (nSPS) is 14.0. The molecule has 0 heterocycles. The maximum atomic E-state index is 11.6. The molecular weight excluding hydrogens is 236 g/mol. The zero-order valence-electron chi connectivity index (χ0n) is 9.64. The van der Waals surface area contributed by atoms with Gasteiger partial charge in [0.1, 0.15) is 0 Å². The van der Waals surface area contributed by atoms with Gasteiger partial charge < -0.3 is 20.8 Å². The molecule has 0 aromatic heterocycles. The first-order valence-electron chi connectivity index (χ1n) is 5.66. The zero-order valence-corrected chi connectivity index (χ0v) is 9.64. The molecule has 1 saturated carbocycles. The maximum Gasteiger partial charge on any atom is 0.251 e. The summed E-state index contributed by atoms with van der Waals surface area (Å²) in [7, 11) is 0. The van der Waals surface area contributed by atoms with Crippen LogP contribution in [0.4, 0.5) is 0 Å². The lowest BCUT2D eigenvalue weighted by Gasteiger charge is -2.06. The summed E-state index contributed by atoms with van der Waals surface area (Å²) in [5.74, 6) is -1.37. The number of carbonyl (C=O) groups is 2. The van der Waals surface area contributed by atoms with Crippen LogP contribution in [0.3, 0.4) is 0 Å². The van der Waals surface area contributed by atoms with E-state index in [1.54, 1.807) is 0 Å². The Bertz CT molecular complexity index is 483. The molecule has 0 unspecified atom stereocenters. The fraction of sp³-hybridized carbons (Fsp3) is 0.333. The van der Waals surface area contributed by atoms with Crippen molar-refractivity contribution >= 4 is 11.8 Å². The SMILES string of the molecule is O=C(CNC(=O)c1ccc(O)c(O)c1)NC1CC1. The Labute approximate surface area is 104 Å². The molecule has 0 bridgehead atoms. The Kier molecular flexibility index (Phi) is 3.36. The van der Waals surface area contributed by atoms with Crippen molar-refractivity contribution in [2.24, 2.45) is 0 Å². The van der Waals surface area contributed by atoms with Gasteiger partial charge in [-0.1, -0.05) is 0 Å². The first kappa shape index (κ1) is 12.2. The molecule has 2 rings (SSSR count). The highest BCUT2D eigenvalue weighted by Crippen LogP contribution is 2.24. The molecule has 0 saturated heterocycles. The number of amides is 2. The number of rotatable bonds is 4.